The van der Waals surface area contributed by atoms with Gasteiger partial charge < -0.3 is 25.0 Å². The Hall–Kier alpha value is -3.89. The maximum Gasteiger partial charge on any atom is 0.238 e. The van der Waals surface area contributed by atoms with Gasteiger partial charge >= 0.3 is 0 Å². The fourth-order valence-electron chi connectivity index (χ4n) is 8.25. The molecule has 6 heterocycles. The molecule has 2 saturated heterocycles. The predicted molar refractivity (Wildman–Crippen MR) is 179 cm³/mol. The number of hydrogen-bond acceptors (Lipinski definition) is 7. The summed E-state index contributed by atoms with van der Waals surface area (Å²) < 4.78 is 17.0. The van der Waals surface area contributed by atoms with Crippen molar-refractivity contribution in [1.29, 1.82) is 0 Å². The molecule has 3 aliphatic heterocycles. The number of anilines is 3. The molecule has 0 bridgehead atoms. The number of carbonyl (C=O) groups is 1. The number of aromatic nitrogens is 4. The minimum Gasteiger partial charge on any atom is -0.336 e. The highest BCUT2D eigenvalue weighted by Gasteiger charge is 2.54. The van der Waals surface area contributed by atoms with Gasteiger partial charge in [0.15, 0.2) is 11.6 Å². The van der Waals surface area contributed by atoms with Gasteiger partial charge in [0.1, 0.15) is 5.52 Å². The molecule has 3 fully saturated rings. The van der Waals surface area contributed by atoms with E-state index in [2.05, 4.69) is 62.0 Å². The van der Waals surface area contributed by atoms with Crippen LogP contribution in [0.1, 0.15) is 76.1 Å². The molecule has 4 aromatic rings. The van der Waals surface area contributed by atoms with Crippen LogP contribution in [0.3, 0.4) is 0 Å². The van der Waals surface area contributed by atoms with Crippen LogP contribution in [0.2, 0.25) is 0 Å². The van der Waals surface area contributed by atoms with Crippen LogP contribution in [-0.4, -0.2) is 68.6 Å². The summed E-state index contributed by atoms with van der Waals surface area (Å²) >= 11 is 0. The van der Waals surface area contributed by atoms with Crippen molar-refractivity contribution < 1.29 is 9.18 Å². The second-order valence-electron chi connectivity index (χ2n) is 14.0. The first-order valence-electron chi connectivity index (χ1n) is 17.0. The lowest BCUT2D eigenvalue weighted by Crippen LogP contribution is -2.58. The van der Waals surface area contributed by atoms with Crippen molar-refractivity contribution in [2.24, 2.45) is 0 Å². The first-order chi connectivity index (χ1) is 22.3. The normalized spacial score (nSPS) is 22.9. The van der Waals surface area contributed by atoms with Gasteiger partial charge in [-0.05, 0) is 109 Å². The van der Waals surface area contributed by atoms with Gasteiger partial charge in [-0.2, -0.15) is 0 Å². The summed E-state index contributed by atoms with van der Waals surface area (Å²) in [6.07, 6.45) is 10.6. The number of pyridine rings is 2. The molecule has 3 aromatic heterocycles. The van der Waals surface area contributed by atoms with Gasteiger partial charge in [0.25, 0.3) is 0 Å². The Morgan fingerprint density at radius 3 is 2.57 bits per heavy atom. The summed E-state index contributed by atoms with van der Waals surface area (Å²) in [5.41, 5.74) is 6.00. The van der Waals surface area contributed by atoms with Crippen LogP contribution < -0.4 is 15.5 Å². The van der Waals surface area contributed by atoms with E-state index in [1.807, 2.05) is 19.3 Å². The zero-order chi connectivity index (χ0) is 31.6. The van der Waals surface area contributed by atoms with Crippen LogP contribution in [0.5, 0.6) is 0 Å². The molecule has 0 unspecified atom stereocenters. The third-order valence-corrected chi connectivity index (χ3v) is 10.9. The fourth-order valence-corrected chi connectivity index (χ4v) is 8.25. The summed E-state index contributed by atoms with van der Waals surface area (Å²) in [6.45, 7) is 10.1. The number of nitrogens with one attached hydrogen (secondary N) is 2. The van der Waals surface area contributed by atoms with E-state index in [-0.39, 0.29) is 18.0 Å². The second-order valence-corrected chi connectivity index (χ2v) is 14.0. The molecule has 4 aliphatic rings. The number of rotatable bonds is 6. The van der Waals surface area contributed by atoms with E-state index >= 15 is 0 Å². The Morgan fingerprint density at radius 1 is 1.02 bits per heavy atom. The standard InChI is InChI=1S/C36H43FN8O/c1-22(2)44-21-40-31-19-29(41-34(33(31)44)42-30-15-23(3)39-20-28(30)37)24-7-8-27-32(16-24)45(35(46)36(27)9-11-38-12-10-36)26-17-25(18-26)43-13-5-4-6-14-43/h7-8,15-16,19-22,25-26,38H,4-6,9-14,17-18H2,1-3H3,(H,39,41,42). The highest BCUT2D eigenvalue weighted by atomic mass is 19.1. The van der Waals surface area contributed by atoms with Crippen molar-refractivity contribution in [3.8, 4) is 11.3 Å². The number of aryl methyl sites for hydroxylation is 1. The Bertz CT molecular complexity index is 1800. The lowest BCUT2D eigenvalue weighted by atomic mass is 9.74. The Morgan fingerprint density at radius 2 is 1.80 bits per heavy atom. The van der Waals surface area contributed by atoms with Crippen molar-refractivity contribution in [1.82, 2.24) is 29.7 Å². The van der Waals surface area contributed by atoms with Crippen LogP contribution in [0, 0.1) is 12.7 Å². The smallest absolute Gasteiger partial charge is 0.238 e. The van der Waals surface area contributed by atoms with Crippen molar-refractivity contribution in [3.05, 3.63) is 59.9 Å². The number of amides is 1. The van der Waals surface area contributed by atoms with Gasteiger partial charge in [-0.1, -0.05) is 18.6 Å². The number of imidazole rings is 1. The van der Waals surface area contributed by atoms with Crippen LogP contribution in [0.4, 0.5) is 21.6 Å². The lowest BCUT2D eigenvalue weighted by Gasteiger charge is -2.48. The SMILES string of the molecule is Cc1cc(Nc2nc(-c3ccc4c(c3)N(C3CC(N5CCCCC5)C3)C(=O)C43CCNCC3)cc3ncn(C(C)C)c23)c(F)cn1. The third kappa shape index (κ3) is 4.80. The van der Waals surface area contributed by atoms with Gasteiger partial charge in [-0.25, -0.2) is 14.4 Å². The van der Waals surface area contributed by atoms with Gasteiger partial charge in [0, 0.05) is 35.1 Å². The molecule has 2 N–H and O–H groups in total. The minimum absolute atomic E-state index is 0.138. The van der Waals surface area contributed by atoms with E-state index in [4.69, 9.17) is 9.97 Å². The molecule has 1 spiro atoms. The maximum atomic E-state index is 14.9. The Labute approximate surface area is 269 Å². The minimum atomic E-state index is -0.466. The maximum absolute atomic E-state index is 14.9. The van der Waals surface area contributed by atoms with E-state index < -0.39 is 11.2 Å². The van der Waals surface area contributed by atoms with Crippen molar-refractivity contribution >= 4 is 34.1 Å². The van der Waals surface area contributed by atoms with Crippen molar-refractivity contribution in [2.45, 2.75) is 89.3 Å². The first kappa shape index (κ1) is 29.5. The van der Waals surface area contributed by atoms with Crippen LogP contribution in [-0.2, 0) is 10.2 Å². The van der Waals surface area contributed by atoms with E-state index in [1.54, 1.807) is 6.07 Å². The van der Waals surface area contributed by atoms with E-state index in [1.165, 1.54) is 38.5 Å². The fraction of sp³-hybridized carbons (Fsp3) is 0.500. The van der Waals surface area contributed by atoms with E-state index in [0.29, 0.717) is 23.2 Å². The number of benzene rings is 1. The van der Waals surface area contributed by atoms with Gasteiger partial charge in [-0.15, -0.1) is 0 Å². The van der Waals surface area contributed by atoms with E-state index in [9.17, 15) is 9.18 Å². The molecule has 240 valence electrons. The number of halogens is 1. The Balaban J connectivity index is 1.20. The van der Waals surface area contributed by atoms with Gasteiger partial charge in [0.05, 0.1) is 34.8 Å². The number of fused-ring (bicyclic) bond motifs is 3. The number of carbonyl (C=O) groups excluding carboxylic acids is 1. The van der Waals surface area contributed by atoms with Crippen LogP contribution in [0.25, 0.3) is 22.3 Å². The average Bonchev–Trinajstić information content (AvgIpc) is 3.57. The molecular formula is C36H43FN8O. The summed E-state index contributed by atoms with van der Waals surface area (Å²) in [7, 11) is 0. The second kappa shape index (κ2) is 11.4. The van der Waals surface area contributed by atoms with Crippen molar-refractivity contribution in [2.75, 3.05) is 36.4 Å². The average molecular weight is 623 g/mol. The zero-order valence-corrected chi connectivity index (χ0v) is 27.0. The number of nitrogens with zero attached hydrogens (tertiary/aromatic N) is 6. The summed E-state index contributed by atoms with van der Waals surface area (Å²) in [4.78, 5) is 33.2. The molecular weight excluding hydrogens is 579 g/mol. The highest BCUT2D eigenvalue weighted by molar-refractivity contribution is 6.09. The molecule has 1 aromatic carbocycles. The van der Waals surface area contributed by atoms with Crippen LogP contribution >= 0.6 is 0 Å². The predicted octanol–water partition coefficient (Wildman–Crippen LogP) is 6.25. The lowest BCUT2D eigenvalue weighted by molar-refractivity contribution is -0.125. The molecule has 1 saturated carbocycles. The summed E-state index contributed by atoms with van der Waals surface area (Å²) in [5.74, 6) is 0.368. The molecule has 1 amide bonds. The molecule has 0 radical (unpaired) electrons. The largest absolute Gasteiger partial charge is 0.336 e. The third-order valence-electron chi connectivity index (χ3n) is 10.9. The quantitative estimate of drug-likeness (QED) is 0.263. The molecule has 8 rings (SSSR count). The van der Waals surface area contributed by atoms with Gasteiger partial charge in [0.2, 0.25) is 5.91 Å². The molecule has 0 atom stereocenters. The number of piperidine rings is 2. The summed E-state index contributed by atoms with van der Waals surface area (Å²) in [5, 5.41) is 6.74. The van der Waals surface area contributed by atoms with E-state index in [0.717, 1.165) is 72.3 Å². The first-order valence-corrected chi connectivity index (χ1v) is 17.0. The summed E-state index contributed by atoms with van der Waals surface area (Å²) in [6, 6.07) is 11.1. The van der Waals surface area contributed by atoms with Gasteiger partial charge in [-0.3, -0.25) is 9.78 Å². The molecule has 46 heavy (non-hydrogen) atoms. The highest BCUT2D eigenvalue weighted by Crippen LogP contribution is 2.51. The Kier molecular flexibility index (Phi) is 7.32. The molecule has 10 heteroatoms. The topological polar surface area (TPSA) is 91.2 Å². The van der Waals surface area contributed by atoms with Crippen molar-refractivity contribution in [3.63, 3.8) is 0 Å². The number of hydrogen-bond donors (Lipinski definition) is 2. The molecule has 1 aliphatic carbocycles. The van der Waals surface area contributed by atoms with Crippen LogP contribution in [0.15, 0.2) is 42.9 Å². The zero-order valence-electron chi connectivity index (χ0n) is 27.0. The monoisotopic (exact) mass is 622 g/mol. The number of likely N-dealkylation sites (tertiary alicyclic amines) is 1. The molecule has 9 nitrogen and oxygen atoms in total.